The molecule has 0 aliphatic carbocycles. The Kier molecular flexibility index (Phi) is 5.20. The molecule has 0 fully saturated rings. The molecule has 0 saturated heterocycles. The van der Waals surface area contributed by atoms with Gasteiger partial charge in [0.15, 0.2) is 0 Å². The SMILES string of the molecule is Cc1cccc(CCCC(C(=O)O)C(C)C)c1. The highest BCUT2D eigenvalue weighted by Crippen LogP contribution is 2.19. The van der Waals surface area contributed by atoms with Crippen LogP contribution in [0.5, 0.6) is 0 Å². The van der Waals surface area contributed by atoms with Crippen LogP contribution in [-0.4, -0.2) is 11.1 Å². The molecule has 17 heavy (non-hydrogen) atoms. The molecule has 0 bridgehead atoms. The lowest BCUT2D eigenvalue weighted by atomic mass is 9.90. The van der Waals surface area contributed by atoms with E-state index >= 15 is 0 Å². The number of benzene rings is 1. The normalized spacial score (nSPS) is 12.7. The van der Waals surface area contributed by atoms with Gasteiger partial charge in [-0.05, 0) is 37.7 Å². The third kappa shape index (κ3) is 4.59. The maximum absolute atomic E-state index is 11.0. The predicted molar refractivity (Wildman–Crippen MR) is 70.1 cm³/mol. The van der Waals surface area contributed by atoms with E-state index in [1.54, 1.807) is 0 Å². The molecular weight excluding hydrogens is 212 g/mol. The Bertz CT molecular complexity index is 369. The van der Waals surface area contributed by atoms with Gasteiger partial charge in [0.05, 0.1) is 5.92 Å². The van der Waals surface area contributed by atoms with E-state index in [2.05, 4.69) is 31.2 Å². The fourth-order valence-corrected chi connectivity index (χ4v) is 2.14. The van der Waals surface area contributed by atoms with Crippen molar-refractivity contribution in [2.24, 2.45) is 11.8 Å². The Morgan fingerprint density at radius 3 is 2.59 bits per heavy atom. The number of carboxylic acids is 1. The van der Waals surface area contributed by atoms with E-state index in [1.807, 2.05) is 13.8 Å². The molecule has 2 nitrogen and oxygen atoms in total. The lowest BCUT2D eigenvalue weighted by Crippen LogP contribution is -2.19. The average molecular weight is 234 g/mol. The third-order valence-electron chi connectivity index (χ3n) is 3.18. The molecule has 2 heteroatoms. The molecule has 1 aromatic rings. The summed E-state index contributed by atoms with van der Waals surface area (Å²) in [7, 11) is 0. The number of hydrogen-bond acceptors (Lipinski definition) is 1. The van der Waals surface area contributed by atoms with Crippen LogP contribution >= 0.6 is 0 Å². The van der Waals surface area contributed by atoms with Crippen molar-refractivity contribution in [1.29, 1.82) is 0 Å². The molecule has 1 N–H and O–H groups in total. The number of carbonyl (C=O) groups is 1. The lowest BCUT2D eigenvalue weighted by Gasteiger charge is -2.15. The van der Waals surface area contributed by atoms with Crippen molar-refractivity contribution in [2.75, 3.05) is 0 Å². The Balaban J connectivity index is 2.44. The first-order valence-electron chi connectivity index (χ1n) is 6.29. The highest BCUT2D eigenvalue weighted by atomic mass is 16.4. The van der Waals surface area contributed by atoms with Crippen LogP contribution < -0.4 is 0 Å². The second kappa shape index (κ2) is 6.43. The molecule has 94 valence electrons. The fourth-order valence-electron chi connectivity index (χ4n) is 2.14. The van der Waals surface area contributed by atoms with Crippen molar-refractivity contribution >= 4 is 5.97 Å². The Morgan fingerprint density at radius 2 is 2.06 bits per heavy atom. The average Bonchev–Trinajstić information content (AvgIpc) is 2.23. The van der Waals surface area contributed by atoms with Crippen molar-refractivity contribution in [3.8, 4) is 0 Å². The van der Waals surface area contributed by atoms with Crippen LogP contribution in [0.4, 0.5) is 0 Å². The minimum absolute atomic E-state index is 0.209. The molecule has 0 spiro atoms. The summed E-state index contributed by atoms with van der Waals surface area (Å²) in [5.74, 6) is -0.658. The zero-order chi connectivity index (χ0) is 12.8. The van der Waals surface area contributed by atoms with E-state index < -0.39 is 5.97 Å². The van der Waals surface area contributed by atoms with Gasteiger partial charge in [-0.2, -0.15) is 0 Å². The number of hydrogen-bond donors (Lipinski definition) is 1. The monoisotopic (exact) mass is 234 g/mol. The van der Waals surface area contributed by atoms with Crippen LogP contribution in [0, 0.1) is 18.8 Å². The molecule has 0 aliphatic rings. The molecule has 1 atom stereocenters. The second-order valence-electron chi connectivity index (χ2n) is 5.07. The Labute approximate surface area is 104 Å². The number of rotatable bonds is 6. The van der Waals surface area contributed by atoms with Crippen LogP contribution in [-0.2, 0) is 11.2 Å². The molecule has 1 rings (SSSR count). The van der Waals surface area contributed by atoms with Gasteiger partial charge >= 0.3 is 5.97 Å². The predicted octanol–water partition coefficient (Wildman–Crippen LogP) is 3.67. The van der Waals surface area contributed by atoms with E-state index in [0.717, 1.165) is 19.3 Å². The van der Waals surface area contributed by atoms with Crippen molar-refractivity contribution in [2.45, 2.75) is 40.0 Å². The topological polar surface area (TPSA) is 37.3 Å². The third-order valence-corrected chi connectivity index (χ3v) is 3.18. The van der Waals surface area contributed by atoms with Gasteiger partial charge < -0.3 is 5.11 Å². The van der Waals surface area contributed by atoms with Crippen LogP contribution in [0.1, 0.15) is 37.8 Å². The number of aliphatic carboxylic acids is 1. The lowest BCUT2D eigenvalue weighted by molar-refractivity contribution is -0.143. The molecular formula is C15H22O2. The first kappa shape index (κ1) is 13.8. The first-order valence-corrected chi connectivity index (χ1v) is 6.29. The van der Waals surface area contributed by atoms with Gasteiger partial charge in [0.25, 0.3) is 0 Å². The van der Waals surface area contributed by atoms with Gasteiger partial charge in [0.2, 0.25) is 0 Å². The highest BCUT2D eigenvalue weighted by molar-refractivity contribution is 5.70. The summed E-state index contributed by atoms with van der Waals surface area (Å²) in [4.78, 5) is 11.0. The van der Waals surface area contributed by atoms with Crippen molar-refractivity contribution < 1.29 is 9.90 Å². The first-order chi connectivity index (χ1) is 8.00. The quantitative estimate of drug-likeness (QED) is 0.815. The minimum Gasteiger partial charge on any atom is -0.481 e. The van der Waals surface area contributed by atoms with Gasteiger partial charge in [-0.1, -0.05) is 43.7 Å². The smallest absolute Gasteiger partial charge is 0.306 e. The highest BCUT2D eigenvalue weighted by Gasteiger charge is 2.20. The van der Waals surface area contributed by atoms with Gasteiger partial charge in [-0.15, -0.1) is 0 Å². The summed E-state index contributed by atoms with van der Waals surface area (Å²) in [6, 6.07) is 8.42. The van der Waals surface area contributed by atoms with E-state index in [1.165, 1.54) is 11.1 Å². The summed E-state index contributed by atoms with van der Waals surface area (Å²) in [6.45, 7) is 6.04. The van der Waals surface area contributed by atoms with Crippen LogP contribution in [0.3, 0.4) is 0 Å². The molecule has 0 radical (unpaired) electrons. The van der Waals surface area contributed by atoms with Crippen molar-refractivity contribution in [3.05, 3.63) is 35.4 Å². The van der Waals surface area contributed by atoms with E-state index in [4.69, 9.17) is 5.11 Å². The van der Waals surface area contributed by atoms with Crippen LogP contribution in [0.25, 0.3) is 0 Å². The molecule has 0 heterocycles. The summed E-state index contributed by atoms with van der Waals surface area (Å²) in [6.07, 6.45) is 2.68. The summed E-state index contributed by atoms with van der Waals surface area (Å²) in [5.41, 5.74) is 2.57. The zero-order valence-corrected chi connectivity index (χ0v) is 10.9. The van der Waals surface area contributed by atoms with Gasteiger partial charge in [0.1, 0.15) is 0 Å². The van der Waals surface area contributed by atoms with Crippen molar-refractivity contribution in [1.82, 2.24) is 0 Å². The molecule has 0 saturated carbocycles. The maximum Gasteiger partial charge on any atom is 0.306 e. The standard InChI is InChI=1S/C15H22O2/c1-11(2)14(15(16)17)9-5-8-13-7-4-6-12(3)10-13/h4,6-7,10-11,14H,5,8-9H2,1-3H3,(H,16,17). The molecule has 0 aliphatic heterocycles. The van der Waals surface area contributed by atoms with Crippen LogP contribution in [0.2, 0.25) is 0 Å². The molecule has 0 amide bonds. The summed E-state index contributed by atoms with van der Waals surface area (Å²) in [5, 5.41) is 9.08. The minimum atomic E-state index is -0.663. The largest absolute Gasteiger partial charge is 0.481 e. The summed E-state index contributed by atoms with van der Waals surface area (Å²) >= 11 is 0. The second-order valence-corrected chi connectivity index (χ2v) is 5.07. The summed E-state index contributed by atoms with van der Waals surface area (Å²) < 4.78 is 0. The van der Waals surface area contributed by atoms with E-state index in [-0.39, 0.29) is 11.8 Å². The Hall–Kier alpha value is -1.31. The molecule has 1 unspecified atom stereocenters. The van der Waals surface area contributed by atoms with Gasteiger partial charge in [-0.25, -0.2) is 0 Å². The van der Waals surface area contributed by atoms with Gasteiger partial charge in [-0.3, -0.25) is 4.79 Å². The van der Waals surface area contributed by atoms with Crippen molar-refractivity contribution in [3.63, 3.8) is 0 Å². The number of carboxylic acid groups (broad SMARTS) is 1. The fraction of sp³-hybridized carbons (Fsp3) is 0.533. The van der Waals surface area contributed by atoms with Gasteiger partial charge in [0, 0.05) is 0 Å². The number of aryl methyl sites for hydroxylation is 2. The maximum atomic E-state index is 11.0. The molecule has 1 aromatic carbocycles. The zero-order valence-electron chi connectivity index (χ0n) is 10.9. The Morgan fingerprint density at radius 1 is 1.35 bits per heavy atom. The molecule has 0 aromatic heterocycles. The van der Waals surface area contributed by atoms with E-state index in [9.17, 15) is 4.79 Å². The van der Waals surface area contributed by atoms with E-state index in [0.29, 0.717) is 0 Å². The van der Waals surface area contributed by atoms with Crippen LogP contribution in [0.15, 0.2) is 24.3 Å².